The summed E-state index contributed by atoms with van der Waals surface area (Å²) in [6.07, 6.45) is 1.67. The van der Waals surface area contributed by atoms with Gasteiger partial charge < -0.3 is 15.0 Å². The van der Waals surface area contributed by atoms with Gasteiger partial charge >= 0.3 is 0 Å². The van der Waals surface area contributed by atoms with Crippen molar-refractivity contribution in [3.8, 4) is 5.75 Å². The molecule has 0 atom stereocenters. The quantitative estimate of drug-likeness (QED) is 0.890. The SMILES string of the molecule is CCN(CC)c1ccc(NC(=O)c2ccccc2OC)cn1. The molecule has 0 aliphatic rings. The van der Waals surface area contributed by atoms with E-state index in [1.165, 1.54) is 0 Å². The molecule has 5 nitrogen and oxygen atoms in total. The molecule has 5 heteroatoms. The minimum atomic E-state index is -0.213. The molecule has 0 bridgehead atoms. The summed E-state index contributed by atoms with van der Waals surface area (Å²) in [5.41, 5.74) is 1.16. The van der Waals surface area contributed by atoms with Gasteiger partial charge in [0, 0.05) is 13.1 Å². The van der Waals surface area contributed by atoms with Crippen molar-refractivity contribution in [3.63, 3.8) is 0 Å². The predicted octanol–water partition coefficient (Wildman–Crippen LogP) is 3.19. The van der Waals surface area contributed by atoms with Crippen LogP contribution < -0.4 is 15.0 Å². The second-order valence-electron chi connectivity index (χ2n) is 4.73. The standard InChI is InChI=1S/C17H21N3O2/c1-4-20(5-2)16-11-10-13(12-18-16)19-17(21)14-8-6-7-9-15(14)22-3/h6-12H,4-5H2,1-3H3,(H,19,21). The van der Waals surface area contributed by atoms with Crippen molar-refractivity contribution in [3.05, 3.63) is 48.2 Å². The number of hydrogen-bond donors (Lipinski definition) is 1. The number of amides is 1. The van der Waals surface area contributed by atoms with Gasteiger partial charge in [-0.25, -0.2) is 4.98 Å². The van der Waals surface area contributed by atoms with E-state index in [0.717, 1.165) is 18.9 Å². The summed E-state index contributed by atoms with van der Waals surface area (Å²) in [5, 5.41) is 2.84. The molecule has 0 unspecified atom stereocenters. The van der Waals surface area contributed by atoms with Crippen LogP contribution >= 0.6 is 0 Å². The number of carbonyl (C=O) groups is 1. The summed E-state index contributed by atoms with van der Waals surface area (Å²) in [5.74, 6) is 1.24. The molecule has 2 rings (SSSR count). The Morgan fingerprint density at radius 3 is 2.50 bits per heavy atom. The molecule has 22 heavy (non-hydrogen) atoms. The molecule has 1 heterocycles. The molecule has 0 fully saturated rings. The lowest BCUT2D eigenvalue weighted by Gasteiger charge is -2.19. The van der Waals surface area contributed by atoms with Gasteiger partial charge in [-0.3, -0.25) is 4.79 Å². The predicted molar refractivity (Wildman–Crippen MR) is 88.7 cm³/mol. The molecule has 1 N–H and O–H groups in total. The number of benzene rings is 1. The molecule has 2 aromatic rings. The van der Waals surface area contributed by atoms with E-state index in [2.05, 4.69) is 29.0 Å². The zero-order chi connectivity index (χ0) is 15.9. The number of nitrogens with one attached hydrogen (secondary N) is 1. The molecule has 0 radical (unpaired) electrons. The van der Waals surface area contributed by atoms with E-state index in [0.29, 0.717) is 17.0 Å². The third-order valence-electron chi connectivity index (χ3n) is 3.44. The largest absolute Gasteiger partial charge is 0.496 e. The van der Waals surface area contributed by atoms with Crippen LogP contribution in [-0.4, -0.2) is 31.1 Å². The first-order valence-electron chi connectivity index (χ1n) is 7.35. The number of ether oxygens (including phenoxy) is 1. The Morgan fingerprint density at radius 1 is 1.18 bits per heavy atom. The maximum atomic E-state index is 12.3. The minimum Gasteiger partial charge on any atom is -0.496 e. The van der Waals surface area contributed by atoms with Gasteiger partial charge in [0.25, 0.3) is 5.91 Å². The van der Waals surface area contributed by atoms with Crippen LogP contribution in [0.1, 0.15) is 24.2 Å². The lowest BCUT2D eigenvalue weighted by Crippen LogP contribution is -2.22. The molecule has 0 aliphatic heterocycles. The topological polar surface area (TPSA) is 54.5 Å². The van der Waals surface area contributed by atoms with Gasteiger partial charge in [-0.15, -0.1) is 0 Å². The van der Waals surface area contributed by atoms with Crippen LogP contribution in [-0.2, 0) is 0 Å². The highest BCUT2D eigenvalue weighted by atomic mass is 16.5. The second-order valence-corrected chi connectivity index (χ2v) is 4.73. The molecule has 116 valence electrons. The fourth-order valence-corrected chi connectivity index (χ4v) is 2.23. The number of rotatable bonds is 6. The number of anilines is 2. The first-order valence-corrected chi connectivity index (χ1v) is 7.35. The van der Waals surface area contributed by atoms with Crippen LogP contribution in [0.3, 0.4) is 0 Å². The number of pyridine rings is 1. The highest BCUT2D eigenvalue weighted by Crippen LogP contribution is 2.20. The zero-order valence-electron chi connectivity index (χ0n) is 13.2. The highest BCUT2D eigenvalue weighted by Gasteiger charge is 2.12. The summed E-state index contributed by atoms with van der Waals surface area (Å²) in [6.45, 7) is 5.97. The Kier molecular flexibility index (Phi) is 5.36. The van der Waals surface area contributed by atoms with E-state index in [1.54, 1.807) is 31.5 Å². The normalized spacial score (nSPS) is 10.1. The van der Waals surface area contributed by atoms with Gasteiger partial charge in [0.2, 0.25) is 0 Å². The van der Waals surface area contributed by atoms with Gasteiger partial charge in [0.15, 0.2) is 0 Å². The Labute approximate surface area is 130 Å². The lowest BCUT2D eigenvalue weighted by molar-refractivity contribution is 0.102. The molecule has 1 amide bonds. The van der Waals surface area contributed by atoms with Gasteiger partial charge in [0.1, 0.15) is 11.6 Å². The molecule has 0 aliphatic carbocycles. The Morgan fingerprint density at radius 2 is 1.91 bits per heavy atom. The van der Waals surface area contributed by atoms with E-state index >= 15 is 0 Å². The zero-order valence-corrected chi connectivity index (χ0v) is 13.2. The van der Waals surface area contributed by atoms with Crippen LogP contribution in [0.25, 0.3) is 0 Å². The van der Waals surface area contributed by atoms with Crippen LogP contribution in [0, 0.1) is 0 Å². The van der Waals surface area contributed by atoms with E-state index in [-0.39, 0.29) is 5.91 Å². The molecular weight excluding hydrogens is 278 g/mol. The molecule has 1 aromatic heterocycles. The van der Waals surface area contributed by atoms with Gasteiger partial charge in [-0.05, 0) is 38.1 Å². The molecule has 1 aromatic carbocycles. The number of para-hydroxylation sites is 1. The summed E-state index contributed by atoms with van der Waals surface area (Å²) in [7, 11) is 1.55. The maximum Gasteiger partial charge on any atom is 0.259 e. The maximum absolute atomic E-state index is 12.3. The lowest BCUT2D eigenvalue weighted by atomic mass is 10.2. The number of aromatic nitrogens is 1. The highest BCUT2D eigenvalue weighted by molar-refractivity contribution is 6.06. The summed E-state index contributed by atoms with van der Waals surface area (Å²) in [6, 6.07) is 10.9. The summed E-state index contributed by atoms with van der Waals surface area (Å²) in [4.78, 5) is 18.8. The molecular formula is C17H21N3O2. The van der Waals surface area contributed by atoms with Crippen LogP contribution in [0.2, 0.25) is 0 Å². The van der Waals surface area contributed by atoms with Crippen molar-refractivity contribution in [2.45, 2.75) is 13.8 Å². The van der Waals surface area contributed by atoms with E-state index in [9.17, 15) is 4.79 Å². The first-order chi connectivity index (χ1) is 10.7. The number of carbonyl (C=O) groups excluding carboxylic acids is 1. The Hall–Kier alpha value is -2.56. The molecule has 0 spiro atoms. The average Bonchev–Trinajstić information content (AvgIpc) is 2.57. The van der Waals surface area contributed by atoms with E-state index in [1.807, 2.05) is 18.2 Å². The average molecular weight is 299 g/mol. The van der Waals surface area contributed by atoms with Crippen LogP contribution in [0.15, 0.2) is 42.6 Å². The minimum absolute atomic E-state index is 0.213. The van der Waals surface area contributed by atoms with E-state index in [4.69, 9.17) is 4.74 Å². The number of methoxy groups -OCH3 is 1. The fraction of sp³-hybridized carbons (Fsp3) is 0.294. The van der Waals surface area contributed by atoms with Crippen molar-refractivity contribution < 1.29 is 9.53 Å². The Balaban J connectivity index is 2.12. The van der Waals surface area contributed by atoms with Gasteiger partial charge in [-0.1, -0.05) is 12.1 Å². The third-order valence-corrected chi connectivity index (χ3v) is 3.44. The van der Waals surface area contributed by atoms with Gasteiger partial charge in [-0.2, -0.15) is 0 Å². The van der Waals surface area contributed by atoms with Crippen LogP contribution in [0.5, 0.6) is 5.75 Å². The summed E-state index contributed by atoms with van der Waals surface area (Å²) < 4.78 is 5.20. The fourth-order valence-electron chi connectivity index (χ4n) is 2.23. The van der Waals surface area contributed by atoms with Gasteiger partial charge in [0.05, 0.1) is 24.6 Å². The Bertz CT molecular complexity index is 622. The van der Waals surface area contributed by atoms with Crippen molar-refractivity contribution in [1.29, 1.82) is 0 Å². The number of hydrogen-bond acceptors (Lipinski definition) is 4. The van der Waals surface area contributed by atoms with Crippen LogP contribution in [0.4, 0.5) is 11.5 Å². The van der Waals surface area contributed by atoms with Crippen molar-refractivity contribution in [2.24, 2.45) is 0 Å². The first kappa shape index (κ1) is 15.8. The second kappa shape index (κ2) is 7.45. The van der Waals surface area contributed by atoms with Crippen molar-refractivity contribution in [2.75, 3.05) is 30.4 Å². The third kappa shape index (κ3) is 3.55. The van der Waals surface area contributed by atoms with Crippen molar-refractivity contribution in [1.82, 2.24) is 4.98 Å². The molecule has 0 saturated carbocycles. The van der Waals surface area contributed by atoms with Crippen molar-refractivity contribution >= 4 is 17.4 Å². The van der Waals surface area contributed by atoms with E-state index < -0.39 is 0 Å². The summed E-state index contributed by atoms with van der Waals surface area (Å²) >= 11 is 0. The molecule has 0 saturated heterocycles. The smallest absolute Gasteiger partial charge is 0.259 e. The number of nitrogens with zero attached hydrogens (tertiary/aromatic N) is 2. The monoisotopic (exact) mass is 299 g/mol.